The zero-order valence-corrected chi connectivity index (χ0v) is 59.1. The SMILES string of the molecule is CCC(C)CCCCCCCCCCCCCCCCC(=O)O[C@H](COC(=O)CCCCCCCCC(C)C)COP(=O)(O)OC[C@H](O)COP(=O)(O)OC[C@@H](COC(=O)CCCCCCCCC(C)C)OC(=O)CCCCCCCCCCC(C)CC. The maximum atomic E-state index is 13.0. The van der Waals surface area contributed by atoms with Crippen LogP contribution in [0.2, 0.25) is 0 Å². The number of phosphoric ester groups is 2. The third kappa shape index (κ3) is 60.3. The monoisotopic (exact) mass is 1300 g/mol. The van der Waals surface area contributed by atoms with Gasteiger partial charge in [-0.25, -0.2) is 9.13 Å². The van der Waals surface area contributed by atoms with Gasteiger partial charge in [0.05, 0.1) is 26.4 Å². The number of hydrogen-bond donors (Lipinski definition) is 3. The number of rotatable bonds is 66. The van der Waals surface area contributed by atoms with E-state index in [0.717, 1.165) is 115 Å². The molecule has 17 nitrogen and oxygen atoms in total. The average molecular weight is 1300 g/mol. The molecule has 0 aromatic heterocycles. The molecule has 522 valence electrons. The second-order valence-corrected chi connectivity index (χ2v) is 29.3. The summed E-state index contributed by atoms with van der Waals surface area (Å²) in [7, 11) is -9.90. The maximum absolute atomic E-state index is 13.0. The number of hydrogen-bond acceptors (Lipinski definition) is 15. The van der Waals surface area contributed by atoms with Crippen molar-refractivity contribution in [2.24, 2.45) is 23.7 Å². The normalized spacial score (nSPS) is 14.9. The lowest BCUT2D eigenvalue weighted by atomic mass is 9.99. The number of carbonyl (C=O) groups excluding carboxylic acids is 4. The van der Waals surface area contributed by atoms with E-state index < -0.39 is 97.5 Å². The molecule has 0 saturated carbocycles. The Morgan fingerprint density at radius 3 is 0.807 bits per heavy atom. The summed E-state index contributed by atoms with van der Waals surface area (Å²) in [6, 6.07) is 0. The number of esters is 4. The van der Waals surface area contributed by atoms with E-state index in [9.17, 15) is 43.2 Å². The van der Waals surface area contributed by atoms with Crippen LogP contribution in [0.5, 0.6) is 0 Å². The molecule has 0 radical (unpaired) electrons. The van der Waals surface area contributed by atoms with Crippen LogP contribution in [0.15, 0.2) is 0 Å². The average Bonchev–Trinajstić information content (AvgIpc) is 3.59. The molecule has 7 atom stereocenters. The maximum Gasteiger partial charge on any atom is 0.472 e. The van der Waals surface area contributed by atoms with Crippen LogP contribution >= 0.6 is 15.6 Å². The van der Waals surface area contributed by atoms with Gasteiger partial charge in [-0.2, -0.15) is 0 Å². The highest BCUT2D eigenvalue weighted by atomic mass is 31.2. The summed E-state index contributed by atoms with van der Waals surface area (Å²) in [6.07, 6.45) is 40.5. The van der Waals surface area contributed by atoms with Gasteiger partial charge in [0.1, 0.15) is 19.3 Å². The smallest absolute Gasteiger partial charge is 0.462 e. The molecule has 0 aliphatic carbocycles. The zero-order chi connectivity index (χ0) is 65.4. The van der Waals surface area contributed by atoms with Gasteiger partial charge in [-0.15, -0.1) is 0 Å². The summed E-state index contributed by atoms with van der Waals surface area (Å²) in [6.45, 7) is 14.0. The van der Waals surface area contributed by atoms with Gasteiger partial charge in [0.2, 0.25) is 0 Å². The molecule has 0 amide bonds. The van der Waals surface area contributed by atoms with E-state index in [4.69, 9.17) is 37.0 Å². The summed E-state index contributed by atoms with van der Waals surface area (Å²) in [4.78, 5) is 72.4. The Hall–Kier alpha value is -1.94. The zero-order valence-electron chi connectivity index (χ0n) is 57.3. The van der Waals surface area contributed by atoms with Crippen molar-refractivity contribution in [3.63, 3.8) is 0 Å². The van der Waals surface area contributed by atoms with Crippen LogP contribution in [-0.4, -0.2) is 96.7 Å². The minimum Gasteiger partial charge on any atom is -0.462 e. The Balaban J connectivity index is 5.20. The Morgan fingerprint density at radius 1 is 0.318 bits per heavy atom. The molecule has 88 heavy (non-hydrogen) atoms. The molecule has 0 rings (SSSR count). The fraction of sp³-hybridized carbons (Fsp3) is 0.942. The molecule has 0 saturated heterocycles. The van der Waals surface area contributed by atoms with Crippen molar-refractivity contribution in [1.82, 2.24) is 0 Å². The first kappa shape index (κ1) is 86.1. The summed E-state index contributed by atoms with van der Waals surface area (Å²) in [5.41, 5.74) is 0. The molecule has 0 bridgehead atoms. The van der Waals surface area contributed by atoms with Crippen molar-refractivity contribution in [3.8, 4) is 0 Å². The Bertz CT molecular complexity index is 1750. The number of carbonyl (C=O) groups is 4. The molecule has 4 unspecified atom stereocenters. The summed E-state index contributed by atoms with van der Waals surface area (Å²) >= 11 is 0. The van der Waals surface area contributed by atoms with Gasteiger partial charge >= 0.3 is 39.5 Å². The first-order valence-electron chi connectivity index (χ1n) is 35.8. The fourth-order valence-corrected chi connectivity index (χ4v) is 11.8. The number of unbranched alkanes of at least 4 members (excludes halogenated alkanes) is 30. The summed E-state index contributed by atoms with van der Waals surface area (Å²) in [5.74, 6) is 0.838. The lowest BCUT2D eigenvalue weighted by Gasteiger charge is -2.21. The van der Waals surface area contributed by atoms with Crippen LogP contribution < -0.4 is 0 Å². The fourth-order valence-electron chi connectivity index (χ4n) is 10.2. The predicted molar refractivity (Wildman–Crippen MR) is 354 cm³/mol. The molecule has 0 spiro atoms. The van der Waals surface area contributed by atoms with Crippen LogP contribution in [-0.2, 0) is 65.4 Å². The van der Waals surface area contributed by atoms with Crippen molar-refractivity contribution in [1.29, 1.82) is 0 Å². The van der Waals surface area contributed by atoms with E-state index in [0.29, 0.717) is 37.5 Å². The molecule has 0 aliphatic rings. The van der Waals surface area contributed by atoms with Crippen LogP contribution in [0.3, 0.4) is 0 Å². The van der Waals surface area contributed by atoms with Crippen molar-refractivity contribution >= 4 is 39.5 Å². The van der Waals surface area contributed by atoms with Crippen molar-refractivity contribution in [2.75, 3.05) is 39.6 Å². The second kappa shape index (κ2) is 58.8. The van der Waals surface area contributed by atoms with Gasteiger partial charge in [-0.1, -0.05) is 287 Å². The highest BCUT2D eigenvalue weighted by Gasteiger charge is 2.30. The van der Waals surface area contributed by atoms with Crippen LogP contribution in [0, 0.1) is 23.7 Å². The molecule has 0 fully saturated rings. The van der Waals surface area contributed by atoms with Gasteiger partial charge in [0.15, 0.2) is 12.2 Å². The molecule has 0 aromatic carbocycles. The number of phosphoric acid groups is 2. The van der Waals surface area contributed by atoms with Gasteiger partial charge in [-0.05, 0) is 49.4 Å². The third-order valence-corrected chi connectivity index (χ3v) is 18.4. The molecular formula is C69H134O17P2. The molecule has 0 aliphatic heterocycles. The summed E-state index contributed by atoms with van der Waals surface area (Å²) < 4.78 is 68.2. The molecule has 0 aromatic rings. The lowest BCUT2D eigenvalue weighted by molar-refractivity contribution is -0.161. The highest BCUT2D eigenvalue weighted by Crippen LogP contribution is 2.45. The Morgan fingerprint density at radius 2 is 0.545 bits per heavy atom. The largest absolute Gasteiger partial charge is 0.472 e. The topological polar surface area (TPSA) is 237 Å². The van der Waals surface area contributed by atoms with Gasteiger partial charge < -0.3 is 33.8 Å². The molecule has 0 heterocycles. The van der Waals surface area contributed by atoms with E-state index in [1.807, 2.05) is 0 Å². The highest BCUT2D eigenvalue weighted by molar-refractivity contribution is 7.47. The first-order valence-corrected chi connectivity index (χ1v) is 38.8. The van der Waals surface area contributed by atoms with Crippen molar-refractivity contribution in [2.45, 2.75) is 356 Å². The van der Waals surface area contributed by atoms with Gasteiger partial charge in [0.25, 0.3) is 0 Å². The van der Waals surface area contributed by atoms with Crippen LogP contribution in [0.25, 0.3) is 0 Å². The van der Waals surface area contributed by atoms with E-state index in [-0.39, 0.29) is 25.7 Å². The van der Waals surface area contributed by atoms with Gasteiger partial charge in [0, 0.05) is 25.7 Å². The van der Waals surface area contributed by atoms with Crippen LogP contribution in [0.1, 0.15) is 338 Å². The third-order valence-electron chi connectivity index (χ3n) is 16.5. The molecule has 19 heteroatoms. The minimum atomic E-state index is -4.95. The van der Waals surface area contributed by atoms with E-state index in [1.54, 1.807) is 0 Å². The minimum absolute atomic E-state index is 0.103. The quantitative estimate of drug-likeness (QED) is 0.0222. The van der Waals surface area contributed by atoms with E-state index in [1.165, 1.54) is 128 Å². The van der Waals surface area contributed by atoms with Crippen molar-refractivity contribution < 1.29 is 80.2 Å². The first-order chi connectivity index (χ1) is 42.2. The standard InChI is InChI=1S/C69H134O17P2/c1-9-61(7)47-39-31-21-17-15-13-11-12-14-16-18-23-35-43-51-68(73)85-64(55-79-66(71)49-41-33-27-25-29-37-45-59(3)4)57-83-87(75,76)81-53-63(70)54-82-88(77,78)84-58-65(56-80-67(72)50-42-34-28-26-30-38-46-60(5)6)86-69(74)52-44-36-24-20-19-22-32-40-48-62(8)10-2/h59-65,70H,9-58H2,1-8H3,(H,75,76)(H,77,78)/t61?,62?,63-,64+,65+/m0/s1. The Kier molecular flexibility index (Phi) is 57.6. The molecular weight excluding hydrogens is 1160 g/mol. The number of aliphatic hydroxyl groups is 1. The van der Waals surface area contributed by atoms with E-state index >= 15 is 0 Å². The van der Waals surface area contributed by atoms with Gasteiger partial charge in [-0.3, -0.25) is 37.3 Å². The number of aliphatic hydroxyl groups excluding tert-OH is 1. The number of ether oxygens (including phenoxy) is 4. The Labute approximate surface area is 537 Å². The van der Waals surface area contributed by atoms with Crippen molar-refractivity contribution in [3.05, 3.63) is 0 Å². The summed E-state index contributed by atoms with van der Waals surface area (Å²) in [5, 5.41) is 10.6. The second-order valence-electron chi connectivity index (χ2n) is 26.4. The van der Waals surface area contributed by atoms with Crippen LogP contribution in [0.4, 0.5) is 0 Å². The molecule has 3 N–H and O–H groups in total. The predicted octanol–water partition coefficient (Wildman–Crippen LogP) is 19.3. The lowest BCUT2D eigenvalue weighted by Crippen LogP contribution is -2.30. The van der Waals surface area contributed by atoms with E-state index in [2.05, 4.69) is 55.4 Å².